The molecule has 0 saturated carbocycles. The molecule has 1 N–H and O–H groups in total. The molecular formula is C15H18N4O5. The predicted molar refractivity (Wildman–Crippen MR) is 79.2 cm³/mol. The number of carbonyl (C=O) groups is 1. The second-order valence-corrected chi connectivity index (χ2v) is 5.81. The first-order valence-electron chi connectivity index (χ1n) is 7.75. The molecule has 9 nitrogen and oxygen atoms in total. The van der Waals surface area contributed by atoms with E-state index in [0.717, 1.165) is 5.76 Å². The van der Waals surface area contributed by atoms with Crippen LogP contribution in [0, 0.1) is 0 Å². The lowest BCUT2D eigenvalue weighted by Crippen LogP contribution is -2.40. The molecule has 0 bridgehead atoms. The van der Waals surface area contributed by atoms with Gasteiger partial charge < -0.3 is 23.9 Å². The second-order valence-electron chi connectivity index (χ2n) is 5.81. The van der Waals surface area contributed by atoms with Crippen LogP contribution in [-0.4, -0.2) is 59.5 Å². The third-order valence-corrected chi connectivity index (χ3v) is 4.39. The van der Waals surface area contributed by atoms with Crippen molar-refractivity contribution in [1.82, 2.24) is 20.3 Å². The standard InChI is InChI=1S/C15H18N4O5/c1-21-15(20)10-6-19(18-17-10)12-8-24-13-11(7-23-14(12)13)16-5-9-3-2-4-22-9/h2-4,6,11-14,16H,5,7-8H2,1H3/t11-,12+,13-,14+/m0/s1. The number of nitrogens with zero attached hydrogens (tertiary/aromatic N) is 3. The summed E-state index contributed by atoms with van der Waals surface area (Å²) < 4.78 is 23.4. The van der Waals surface area contributed by atoms with Crippen molar-refractivity contribution >= 4 is 5.97 Å². The van der Waals surface area contributed by atoms with Crippen molar-refractivity contribution in [1.29, 1.82) is 0 Å². The molecule has 0 unspecified atom stereocenters. The van der Waals surface area contributed by atoms with Gasteiger partial charge in [0.05, 0.1) is 45.4 Å². The Hall–Kier alpha value is -2.23. The van der Waals surface area contributed by atoms with Gasteiger partial charge in [-0.25, -0.2) is 9.48 Å². The number of nitrogens with one attached hydrogen (secondary N) is 1. The second kappa shape index (κ2) is 6.34. The molecule has 24 heavy (non-hydrogen) atoms. The van der Waals surface area contributed by atoms with E-state index in [1.54, 1.807) is 17.1 Å². The Labute approximate surface area is 137 Å². The Bertz CT molecular complexity index is 701. The summed E-state index contributed by atoms with van der Waals surface area (Å²) in [4.78, 5) is 11.5. The molecule has 2 aliphatic heterocycles. The van der Waals surface area contributed by atoms with Crippen LogP contribution in [0.4, 0.5) is 0 Å². The van der Waals surface area contributed by atoms with E-state index in [4.69, 9.17) is 13.9 Å². The summed E-state index contributed by atoms with van der Waals surface area (Å²) in [6.07, 6.45) is 3.01. The number of hydrogen-bond donors (Lipinski definition) is 1. The molecule has 4 heterocycles. The highest BCUT2D eigenvalue weighted by Crippen LogP contribution is 2.34. The largest absolute Gasteiger partial charge is 0.468 e. The van der Waals surface area contributed by atoms with Crippen molar-refractivity contribution in [3.63, 3.8) is 0 Å². The van der Waals surface area contributed by atoms with E-state index < -0.39 is 5.97 Å². The highest BCUT2D eigenvalue weighted by molar-refractivity contribution is 5.86. The summed E-state index contributed by atoms with van der Waals surface area (Å²) in [6, 6.07) is 3.74. The molecule has 9 heteroatoms. The van der Waals surface area contributed by atoms with Crippen LogP contribution in [0.5, 0.6) is 0 Å². The van der Waals surface area contributed by atoms with Crippen LogP contribution in [0.15, 0.2) is 29.0 Å². The normalized spacial score (nSPS) is 28.9. The molecule has 0 amide bonds. The fourth-order valence-electron chi connectivity index (χ4n) is 3.16. The van der Waals surface area contributed by atoms with E-state index in [2.05, 4.69) is 20.4 Å². The summed E-state index contributed by atoms with van der Waals surface area (Å²) in [7, 11) is 1.31. The monoisotopic (exact) mass is 334 g/mol. The fraction of sp³-hybridized carbons (Fsp3) is 0.533. The van der Waals surface area contributed by atoms with E-state index in [1.165, 1.54) is 7.11 Å². The highest BCUT2D eigenvalue weighted by Gasteiger charge is 2.48. The van der Waals surface area contributed by atoms with Crippen LogP contribution in [0.2, 0.25) is 0 Å². The van der Waals surface area contributed by atoms with Crippen molar-refractivity contribution in [2.45, 2.75) is 30.8 Å². The van der Waals surface area contributed by atoms with Gasteiger partial charge in [-0.1, -0.05) is 5.21 Å². The van der Waals surface area contributed by atoms with E-state index in [-0.39, 0.29) is 30.0 Å². The molecule has 2 saturated heterocycles. The maximum absolute atomic E-state index is 11.5. The quantitative estimate of drug-likeness (QED) is 0.772. The lowest BCUT2D eigenvalue weighted by molar-refractivity contribution is 0.0592. The van der Waals surface area contributed by atoms with Gasteiger partial charge in [0.15, 0.2) is 5.69 Å². The molecule has 4 rings (SSSR count). The topological polar surface area (TPSA) is 101 Å². The minimum Gasteiger partial charge on any atom is -0.468 e. The Kier molecular flexibility index (Phi) is 4.05. The third-order valence-electron chi connectivity index (χ3n) is 4.39. The van der Waals surface area contributed by atoms with Gasteiger partial charge in [-0.15, -0.1) is 5.10 Å². The third kappa shape index (κ3) is 2.70. The van der Waals surface area contributed by atoms with Crippen molar-refractivity contribution in [3.8, 4) is 0 Å². The minimum atomic E-state index is -0.512. The average molecular weight is 334 g/mol. The van der Waals surface area contributed by atoms with Gasteiger partial charge in [0, 0.05) is 0 Å². The molecule has 0 aliphatic carbocycles. The van der Waals surface area contributed by atoms with Crippen molar-refractivity contribution in [2.75, 3.05) is 20.3 Å². The lowest BCUT2D eigenvalue weighted by Gasteiger charge is -2.17. The SMILES string of the molecule is COC(=O)c1cn([C@@H]2CO[C@@H]3[C@@H]2OC[C@@H]3NCc2ccco2)nn1. The molecule has 0 spiro atoms. The van der Waals surface area contributed by atoms with Crippen LogP contribution >= 0.6 is 0 Å². The van der Waals surface area contributed by atoms with Crippen molar-refractivity contribution < 1.29 is 23.4 Å². The summed E-state index contributed by atoms with van der Waals surface area (Å²) >= 11 is 0. The molecular weight excluding hydrogens is 316 g/mol. The molecule has 0 radical (unpaired) electrons. The maximum Gasteiger partial charge on any atom is 0.360 e. The first kappa shape index (κ1) is 15.3. The van der Waals surface area contributed by atoms with Crippen molar-refractivity contribution in [2.24, 2.45) is 0 Å². The van der Waals surface area contributed by atoms with E-state index in [0.29, 0.717) is 19.8 Å². The number of methoxy groups -OCH3 is 1. The number of carbonyl (C=O) groups excluding carboxylic acids is 1. The van der Waals surface area contributed by atoms with Gasteiger partial charge >= 0.3 is 5.97 Å². The zero-order chi connectivity index (χ0) is 16.5. The van der Waals surface area contributed by atoms with E-state index >= 15 is 0 Å². The molecule has 2 aromatic heterocycles. The highest BCUT2D eigenvalue weighted by atomic mass is 16.6. The van der Waals surface area contributed by atoms with Gasteiger partial charge in [0.2, 0.25) is 0 Å². The molecule has 4 atom stereocenters. The summed E-state index contributed by atoms with van der Waals surface area (Å²) in [5.41, 5.74) is 0.173. The molecule has 2 aliphatic rings. The maximum atomic E-state index is 11.5. The number of rotatable bonds is 5. The first-order chi connectivity index (χ1) is 11.8. The van der Waals surface area contributed by atoms with Crippen LogP contribution in [-0.2, 0) is 20.8 Å². The number of aromatic nitrogens is 3. The van der Waals surface area contributed by atoms with Gasteiger partial charge in [-0.3, -0.25) is 0 Å². The Morgan fingerprint density at radius 3 is 3.08 bits per heavy atom. The molecule has 2 fully saturated rings. The number of esters is 1. The van der Waals surface area contributed by atoms with Crippen LogP contribution in [0.1, 0.15) is 22.3 Å². The fourth-order valence-corrected chi connectivity index (χ4v) is 3.16. The van der Waals surface area contributed by atoms with E-state index in [9.17, 15) is 4.79 Å². The number of hydrogen-bond acceptors (Lipinski definition) is 8. The molecule has 2 aromatic rings. The summed E-state index contributed by atoms with van der Waals surface area (Å²) in [5, 5.41) is 11.2. The zero-order valence-electron chi connectivity index (χ0n) is 13.1. The van der Waals surface area contributed by atoms with Crippen LogP contribution in [0.25, 0.3) is 0 Å². The predicted octanol–water partition coefficient (Wildman–Crippen LogP) is 0.155. The van der Waals surface area contributed by atoms with Crippen molar-refractivity contribution in [3.05, 3.63) is 36.0 Å². The summed E-state index contributed by atoms with van der Waals surface area (Å²) in [6.45, 7) is 1.62. The first-order valence-corrected chi connectivity index (χ1v) is 7.75. The number of furan rings is 1. The van der Waals surface area contributed by atoms with Gasteiger partial charge in [-0.05, 0) is 12.1 Å². The van der Waals surface area contributed by atoms with E-state index in [1.807, 2.05) is 12.1 Å². The molecule has 128 valence electrons. The Morgan fingerprint density at radius 2 is 2.29 bits per heavy atom. The lowest BCUT2D eigenvalue weighted by atomic mass is 10.1. The smallest absolute Gasteiger partial charge is 0.360 e. The van der Waals surface area contributed by atoms with Crippen LogP contribution in [0.3, 0.4) is 0 Å². The Balaban J connectivity index is 1.40. The van der Waals surface area contributed by atoms with Gasteiger partial charge in [0.25, 0.3) is 0 Å². The molecule has 0 aromatic carbocycles. The number of ether oxygens (including phenoxy) is 3. The Morgan fingerprint density at radius 1 is 1.42 bits per heavy atom. The summed E-state index contributed by atoms with van der Waals surface area (Å²) in [5.74, 6) is 0.356. The number of fused-ring (bicyclic) bond motifs is 1. The average Bonchev–Trinajstić information content (AvgIpc) is 3.35. The van der Waals surface area contributed by atoms with Gasteiger partial charge in [0.1, 0.15) is 24.0 Å². The minimum absolute atomic E-state index is 0.0734. The zero-order valence-corrected chi connectivity index (χ0v) is 13.1. The van der Waals surface area contributed by atoms with Gasteiger partial charge in [-0.2, -0.15) is 0 Å². The van der Waals surface area contributed by atoms with Crippen LogP contribution < -0.4 is 5.32 Å².